The van der Waals surface area contributed by atoms with Gasteiger partial charge in [-0.1, -0.05) is 6.92 Å². The van der Waals surface area contributed by atoms with Crippen LogP contribution >= 0.6 is 0 Å². The molecular formula is C22H23F4N3O3. The van der Waals surface area contributed by atoms with E-state index in [0.29, 0.717) is 32.6 Å². The van der Waals surface area contributed by atoms with Gasteiger partial charge in [0.1, 0.15) is 5.56 Å². The van der Waals surface area contributed by atoms with Gasteiger partial charge in [-0.05, 0) is 30.7 Å². The van der Waals surface area contributed by atoms with Crippen LogP contribution < -0.4 is 15.0 Å². The van der Waals surface area contributed by atoms with Crippen LogP contribution in [-0.4, -0.2) is 50.0 Å². The van der Waals surface area contributed by atoms with E-state index in [2.05, 4.69) is 15.0 Å². The van der Waals surface area contributed by atoms with E-state index in [1.807, 2.05) is 11.8 Å². The van der Waals surface area contributed by atoms with E-state index in [4.69, 9.17) is 0 Å². The topological polar surface area (TPSA) is 61.9 Å². The van der Waals surface area contributed by atoms with Gasteiger partial charge in [0.15, 0.2) is 17.4 Å². The van der Waals surface area contributed by atoms with Crippen molar-refractivity contribution in [3.8, 4) is 5.75 Å². The zero-order chi connectivity index (χ0) is 23.4. The van der Waals surface area contributed by atoms with Crippen LogP contribution in [-0.2, 0) is 4.79 Å². The third kappa shape index (κ3) is 4.63. The lowest BCUT2D eigenvalue weighted by molar-refractivity contribution is -0.131. The maximum atomic E-state index is 14.1. The highest BCUT2D eigenvalue weighted by Crippen LogP contribution is 2.30. The third-order valence-corrected chi connectivity index (χ3v) is 5.24. The summed E-state index contributed by atoms with van der Waals surface area (Å²) in [4.78, 5) is 28.2. The molecule has 1 aliphatic heterocycles. The number of hydrogen-bond acceptors (Lipinski definition) is 4. The monoisotopic (exact) mass is 453 g/mol. The Morgan fingerprint density at radius 3 is 2.00 bits per heavy atom. The van der Waals surface area contributed by atoms with Crippen molar-refractivity contribution in [1.29, 1.82) is 0 Å². The molecule has 0 aromatic heterocycles. The molecule has 0 radical (unpaired) electrons. The number of methoxy groups -OCH3 is 1. The summed E-state index contributed by atoms with van der Waals surface area (Å²) < 4.78 is 60.3. The van der Waals surface area contributed by atoms with Gasteiger partial charge in [0.2, 0.25) is 17.5 Å². The van der Waals surface area contributed by atoms with Crippen molar-refractivity contribution in [2.24, 2.45) is 0 Å². The zero-order valence-electron chi connectivity index (χ0n) is 17.7. The number of nitrogens with zero attached hydrogens (tertiary/aromatic N) is 2. The van der Waals surface area contributed by atoms with Crippen LogP contribution in [0.25, 0.3) is 0 Å². The van der Waals surface area contributed by atoms with E-state index in [9.17, 15) is 27.2 Å². The molecular weight excluding hydrogens is 430 g/mol. The summed E-state index contributed by atoms with van der Waals surface area (Å²) in [7, 11) is 0.852. The standard InChI is InChI=1S/C22H23F4N3O3/c1-3-4-15(30)29-11-9-28(10-12-29)14-7-5-13(6-8-14)27-22(31)16-17(23)19(25)21(32-2)20(26)18(16)24/h5-8H,3-4,9-12H2,1-2H3,(H,27,31). The Labute approximate surface area is 182 Å². The molecule has 2 aromatic carbocycles. The normalized spacial score (nSPS) is 13.8. The lowest BCUT2D eigenvalue weighted by Crippen LogP contribution is -2.48. The van der Waals surface area contributed by atoms with Crippen molar-refractivity contribution in [2.75, 3.05) is 43.5 Å². The van der Waals surface area contributed by atoms with Gasteiger partial charge in [-0.15, -0.1) is 0 Å². The largest absolute Gasteiger partial charge is 0.491 e. The zero-order valence-corrected chi connectivity index (χ0v) is 17.7. The molecule has 1 aliphatic rings. The number of benzene rings is 2. The van der Waals surface area contributed by atoms with Gasteiger partial charge in [-0.2, -0.15) is 8.78 Å². The minimum atomic E-state index is -1.84. The van der Waals surface area contributed by atoms with Crippen LogP contribution in [0.15, 0.2) is 24.3 Å². The lowest BCUT2D eigenvalue weighted by atomic mass is 10.1. The van der Waals surface area contributed by atoms with Crippen molar-refractivity contribution in [3.05, 3.63) is 53.1 Å². The van der Waals surface area contributed by atoms with E-state index in [0.717, 1.165) is 19.2 Å². The van der Waals surface area contributed by atoms with E-state index in [-0.39, 0.29) is 11.6 Å². The Hall–Kier alpha value is -3.30. The Balaban J connectivity index is 1.68. The number of piperazine rings is 1. The van der Waals surface area contributed by atoms with Crippen LogP contribution in [0, 0.1) is 23.3 Å². The van der Waals surface area contributed by atoms with Crippen LogP contribution in [0.2, 0.25) is 0 Å². The second-order valence-electron chi connectivity index (χ2n) is 7.28. The van der Waals surface area contributed by atoms with Crippen LogP contribution in [0.5, 0.6) is 5.75 Å². The Bertz CT molecular complexity index is 977. The summed E-state index contributed by atoms with van der Waals surface area (Å²) in [5.41, 5.74) is -0.354. The molecule has 2 amide bonds. The van der Waals surface area contributed by atoms with Gasteiger partial charge < -0.3 is 19.9 Å². The Morgan fingerprint density at radius 1 is 0.938 bits per heavy atom. The van der Waals surface area contributed by atoms with E-state index >= 15 is 0 Å². The molecule has 6 nitrogen and oxygen atoms in total. The number of ether oxygens (including phenoxy) is 1. The molecule has 32 heavy (non-hydrogen) atoms. The number of hydrogen-bond donors (Lipinski definition) is 1. The average molecular weight is 453 g/mol. The molecule has 1 fully saturated rings. The van der Waals surface area contributed by atoms with Crippen LogP contribution in [0.3, 0.4) is 0 Å². The molecule has 0 aliphatic carbocycles. The molecule has 0 atom stereocenters. The molecule has 1 saturated heterocycles. The summed E-state index contributed by atoms with van der Waals surface area (Å²) in [6.45, 7) is 4.44. The molecule has 1 heterocycles. The number of nitrogens with one attached hydrogen (secondary N) is 1. The van der Waals surface area contributed by atoms with Crippen LogP contribution in [0.4, 0.5) is 28.9 Å². The van der Waals surface area contributed by atoms with Gasteiger partial charge in [0.05, 0.1) is 7.11 Å². The Kier molecular flexibility index (Phi) is 7.22. The first kappa shape index (κ1) is 23.4. The van der Waals surface area contributed by atoms with Crippen molar-refractivity contribution < 1.29 is 31.9 Å². The molecule has 3 rings (SSSR count). The summed E-state index contributed by atoms with van der Waals surface area (Å²) >= 11 is 0. The number of anilines is 2. The molecule has 10 heteroatoms. The van der Waals surface area contributed by atoms with Crippen molar-refractivity contribution in [3.63, 3.8) is 0 Å². The number of carbonyl (C=O) groups excluding carboxylic acids is 2. The average Bonchev–Trinajstić information content (AvgIpc) is 2.79. The number of amides is 2. The first-order valence-electron chi connectivity index (χ1n) is 10.1. The third-order valence-electron chi connectivity index (χ3n) is 5.24. The second kappa shape index (κ2) is 9.88. The smallest absolute Gasteiger partial charge is 0.261 e. The highest BCUT2D eigenvalue weighted by atomic mass is 19.2. The number of rotatable bonds is 6. The van der Waals surface area contributed by atoms with Gasteiger partial charge in [-0.3, -0.25) is 9.59 Å². The SMILES string of the molecule is CCCC(=O)N1CCN(c2ccc(NC(=O)c3c(F)c(F)c(OC)c(F)c3F)cc2)CC1. The van der Waals surface area contributed by atoms with Gasteiger partial charge in [0.25, 0.3) is 5.91 Å². The highest BCUT2D eigenvalue weighted by Gasteiger charge is 2.30. The Morgan fingerprint density at radius 2 is 1.50 bits per heavy atom. The predicted octanol–water partition coefficient (Wildman–Crippen LogP) is 3.95. The maximum absolute atomic E-state index is 14.1. The molecule has 2 aromatic rings. The summed E-state index contributed by atoms with van der Waals surface area (Å²) in [6, 6.07) is 6.41. The van der Waals surface area contributed by atoms with Crippen LogP contribution in [0.1, 0.15) is 30.1 Å². The molecule has 1 N–H and O–H groups in total. The minimum Gasteiger partial charge on any atom is -0.491 e. The maximum Gasteiger partial charge on any atom is 0.261 e. The molecule has 0 spiro atoms. The predicted molar refractivity (Wildman–Crippen MR) is 111 cm³/mol. The summed E-state index contributed by atoms with van der Waals surface area (Å²) in [6.07, 6.45) is 1.33. The number of carbonyl (C=O) groups is 2. The lowest BCUT2D eigenvalue weighted by Gasteiger charge is -2.36. The molecule has 0 saturated carbocycles. The molecule has 172 valence electrons. The van der Waals surface area contributed by atoms with Gasteiger partial charge in [-0.25, -0.2) is 8.78 Å². The van der Waals surface area contributed by atoms with E-state index in [1.54, 1.807) is 12.1 Å². The second-order valence-corrected chi connectivity index (χ2v) is 7.28. The quantitative estimate of drug-likeness (QED) is 0.532. The molecule has 0 unspecified atom stereocenters. The molecule has 0 bridgehead atoms. The summed E-state index contributed by atoms with van der Waals surface area (Å²) in [5, 5.41) is 2.23. The first-order chi connectivity index (χ1) is 15.3. The fourth-order valence-electron chi connectivity index (χ4n) is 3.53. The first-order valence-corrected chi connectivity index (χ1v) is 10.1. The van der Waals surface area contributed by atoms with Gasteiger partial charge >= 0.3 is 0 Å². The fourth-order valence-corrected chi connectivity index (χ4v) is 3.53. The van der Waals surface area contributed by atoms with Crippen molar-refractivity contribution >= 4 is 23.2 Å². The van der Waals surface area contributed by atoms with E-state index in [1.165, 1.54) is 12.1 Å². The highest BCUT2D eigenvalue weighted by molar-refractivity contribution is 6.04. The van der Waals surface area contributed by atoms with Gasteiger partial charge in [0, 0.05) is 44.0 Å². The number of halogens is 4. The minimum absolute atomic E-state index is 0.135. The van der Waals surface area contributed by atoms with Crippen molar-refractivity contribution in [1.82, 2.24) is 4.90 Å². The fraction of sp³-hybridized carbons (Fsp3) is 0.364. The van der Waals surface area contributed by atoms with Crippen molar-refractivity contribution in [2.45, 2.75) is 19.8 Å². The summed E-state index contributed by atoms with van der Waals surface area (Å²) in [5.74, 6) is -9.70. The van der Waals surface area contributed by atoms with E-state index < -0.39 is 40.5 Å².